The van der Waals surface area contributed by atoms with E-state index in [1.165, 1.54) is 19.3 Å². The van der Waals surface area contributed by atoms with Crippen LogP contribution in [0.1, 0.15) is 30.9 Å². The zero-order chi connectivity index (χ0) is 23.2. The highest BCUT2D eigenvalue weighted by Gasteiger charge is 2.23. The lowest BCUT2D eigenvalue weighted by atomic mass is 10.2. The fourth-order valence-electron chi connectivity index (χ4n) is 4.39. The Morgan fingerprint density at radius 1 is 0.882 bits per heavy atom. The summed E-state index contributed by atoms with van der Waals surface area (Å²) in [5.74, 6) is 4.01. The van der Waals surface area contributed by atoms with Gasteiger partial charge in [0.05, 0.1) is 6.54 Å². The molecular formula is C25H30N6O3. The lowest BCUT2D eigenvalue weighted by molar-refractivity contribution is -0.135. The Hall–Kier alpha value is -3.46. The van der Waals surface area contributed by atoms with Crippen molar-refractivity contribution in [2.24, 2.45) is 0 Å². The minimum atomic E-state index is 0.00445. The van der Waals surface area contributed by atoms with Crippen LogP contribution in [0.5, 0.6) is 17.4 Å². The normalized spacial score (nSPS) is 16.5. The predicted molar refractivity (Wildman–Crippen MR) is 126 cm³/mol. The zero-order valence-electron chi connectivity index (χ0n) is 19.3. The number of carbonyl (C=O) groups is 1. The molecule has 2 aliphatic heterocycles. The number of benzene rings is 1. The third kappa shape index (κ3) is 5.53. The standard InChI is InChI=1S/C25H30N6O3/c32-25(19-33-20-8-10-21(11-9-20)34-24-7-3-4-12-26-24)30-16-14-29(15-17-30)18-23-28-27-22-6-2-1-5-13-31(22)23/h3-4,7-12H,1-2,5-6,13-19H2. The molecule has 1 aromatic carbocycles. The summed E-state index contributed by atoms with van der Waals surface area (Å²) in [4.78, 5) is 21.0. The fraction of sp³-hybridized carbons (Fsp3) is 0.440. The van der Waals surface area contributed by atoms with E-state index in [1.54, 1.807) is 36.5 Å². The van der Waals surface area contributed by atoms with Crippen LogP contribution < -0.4 is 9.47 Å². The number of nitrogens with zero attached hydrogens (tertiary/aromatic N) is 6. The summed E-state index contributed by atoms with van der Waals surface area (Å²) in [6, 6.07) is 12.7. The number of ether oxygens (including phenoxy) is 2. The van der Waals surface area contributed by atoms with Gasteiger partial charge in [-0.3, -0.25) is 9.69 Å². The average Bonchev–Trinajstić information content (AvgIpc) is 3.09. The molecule has 0 spiro atoms. The van der Waals surface area contributed by atoms with Crippen LogP contribution >= 0.6 is 0 Å². The van der Waals surface area contributed by atoms with Gasteiger partial charge in [-0.25, -0.2) is 4.98 Å². The van der Waals surface area contributed by atoms with Crippen LogP contribution in [-0.4, -0.2) is 68.2 Å². The second-order valence-electron chi connectivity index (χ2n) is 8.68. The molecule has 0 bridgehead atoms. The molecule has 178 valence electrons. The average molecular weight is 463 g/mol. The Bertz CT molecular complexity index is 1080. The quantitative estimate of drug-likeness (QED) is 0.534. The van der Waals surface area contributed by atoms with Crippen molar-refractivity contribution in [3.63, 3.8) is 0 Å². The number of piperazine rings is 1. The number of fused-ring (bicyclic) bond motifs is 1. The van der Waals surface area contributed by atoms with Gasteiger partial charge in [0.15, 0.2) is 6.61 Å². The molecule has 0 saturated carbocycles. The minimum Gasteiger partial charge on any atom is -0.484 e. The predicted octanol–water partition coefficient (Wildman–Crippen LogP) is 2.92. The molecule has 1 fully saturated rings. The molecule has 0 atom stereocenters. The number of aromatic nitrogens is 4. The SMILES string of the molecule is O=C(COc1ccc(Oc2ccccn2)cc1)N1CCN(Cc2nnc3n2CCCCC3)CC1. The smallest absolute Gasteiger partial charge is 0.260 e. The largest absolute Gasteiger partial charge is 0.484 e. The van der Waals surface area contributed by atoms with Crippen molar-refractivity contribution in [3.8, 4) is 17.4 Å². The molecule has 1 amide bonds. The van der Waals surface area contributed by atoms with Gasteiger partial charge in [-0.15, -0.1) is 10.2 Å². The van der Waals surface area contributed by atoms with Crippen molar-refractivity contribution in [2.75, 3.05) is 32.8 Å². The maximum atomic E-state index is 12.7. The van der Waals surface area contributed by atoms with E-state index < -0.39 is 0 Å². The summed E-state index contributed by atoms with van der Waals surface area (Å²) in [5, 5.41) is 8.84. The molecular weight excluding hydrogens is 432 g/mol. The molecule has 0 unspecified atom stereocenters. The van der Waals surface area contributed by atoms with E-state index in [0.717, 1.165) is 44.2 Å². The Labute approximate surface area is 199 Å². The lowest BCUT2D eigenvalue weighted by Gasteiger charge is -2.34. The summed E-state index contributed by atoms with van der Waals surface area (Å²) in [6.07, 6.45) is 6.36. The number of amides is 1. The summed E-state index contributed by atoms with van der Waals surface area (Å²) in [7, 11) is 0. The van der Waals surface area contributed by atoms with E-state index in [2.05, 4.69) is 24.6 Å². The van der Waals surface area contributed by atoms with Gasteiger partial charge in [-0.2, -0.15) is 0 Å². The van der Waals surface area contributed by atoms with Gasteiger partial charge in [0.2, 0.25) is 5.88 Å². The highest BCUT2D eigenvalue weighted by Crippen LogP contribution is 2.22. The second kappa shape index (κ2) is 10.6. The number of hydrogen-bond acceptors (Lipinski definition) is 7. The summed E-state index contributed by atoms with van der Waals surface area (Å²) in [5.41, 5.74) is 0. The number of rotatable bonds is 7. The number of hydrogen-bond donors (Lipinski definition) is 0. The molecule has 3 aromatic rings. The first-order valence-corrected chi connectivity index (χ1v) is 12.0. The van der Waals surface area contributed by atoms with Crippen LogP contribution in [0.15, 0.2) is 48.7 Å². The molecule has 2 aliphatic rings. The first-order chi connectivity index (χ1) is 16.7. The van der Waals surface area contributed by atoms with Crippen LogP contribution in [0.3, 0.4) is 0 Å². The van der Waals surface area contributed by atoms with Crippen molar-refractivity contribution in [1.29, 1.82) is 0 Å². The van der Waals surface area contributed by atoms with Gasteiger partial charge in [0.1, 0.15) is 23.1 Å². The first-order valence-electron chi connectivity index (χ1n) is 12.0. The third-order valence-electron chi connectivity index (χ3n) is 6.32. The Kier molecular flexibility index (Phi) is 6.99. The third-order valence-corrected chi connectivity index (χ3v) is 6.32. The van der Waals surface area contributed by atoms with Gasteiger partial charge < -0.3 is 18.9 Å². The van der Waals surface area contributed by atoms with Gasteiger partial charge in [0, 0.05) is 51.4 Å². The maximum absolute atomic E-state index is 12.7. The molecule has 5 rings (SSSR count). The lowest BCUT2D eigenvalue weighted by Crippen LogP contribution is -2.49. The first kappa shape index (κ1) is 22.3. The molecule has 4 heterocycles. The summed E-state index contributed by atoms with van der Waals surface area (Å²) < 4.78 is 13.7. The summed E-state index contributed by atoms with van der Waals surface area (Å²) >= 11 is 0. The van der Waals surface area contributed by atoms with Crippen LogP contribution in [0.4, 0.5) is 0 Å². The number of aryl methyl sites for hydroxylation is 1. The van der Waals surface area contributed by atoms with E-state index >= 15 is 0 Å². The van der Waals surface area contributed by atoms with Crippen molar-refractivity contribution in [3.05, 3.63) is 60.3 Å². The van der Waals surface area contributed by atoms with Gasteiger partial charge >= 0.3 is 0 Å². The van der Waals surface area contributed by atoms with E-state index in [1.807, 2.05) is 17.0 Å². The minimum absolute atomic E-state index is 0.00445. The van der Waals surface area contributed by atoms with Crippen LogP contribution in [0, 0.1) is 0 Å². The van der Waals surface area contributed by atoms with Crippen molar-refractivity contribution >= 4 is 5.91 Å². The monoisotopic (exact) mass is 462 g/mol. The van der Waals surface area contributed by atoms with Gasteiger partial charge in [-0.1, -0.05) is 12.5 Å². The molecule has 0 radical (unpaired) electrons. The van der Waals surface area contributed by atoms with Crippen molar-refractivity contribution in [2.45, 2.75) is 38.8 Å². The van der Waals surface area contributed by atoms with Gasteiger partial charge in [-0.05, 0) is 43.2 Å². The Balaban J connectivity index is 1.06. The van der Waals surface area contributed by atoms with Crippen molar-refractivity contribution < 1.29 is 14.3 Å². The molecule has 9 heteroatoms. The molecule has 0 N–H and O–H groups in total. The Morgan fingerprint density at radius 2 is 1.71 bits per heavy atom. The fourth-order valence-corrected chi connectivity index (χ4v) is 4.39. The van der Waals surface area contributed by atoms with E-state index in [-0.39, 0.29) is 12.5 Å². The van der Waals surface area contributed by atoms with Crippen molar-refractivity contribution in [1.82, 2.24) is 29.5 Å². The molecule has 9 nitrogen and oxygen atoms in total. The van der Waals surface area contributed by atoms with Crippen LogP contribution in [0.2, 0.25) is 0 Å². The molecule has 0 aliphatic carbocycles. The topological polar surface area (TPSA) is 85.6 Å². The van der Waals surface area contributed by atoms with Gasteiger partial charge in [0.25, 0.3) is 5.91 Å². The zero-order valence-corrected chi connectivity index (χ0v) is 19.3. The summed E-state index contributed by atoms with van der Waals surface area (Å²) in [6.45, 7) is 4.88. The van der Waals surface area contributed by atoms with E-state index in [4.69, 9.17) is 9.47 Å². The van der Waals surface area contributed by atoms with E-state index in [0.29, 0.717) is 30.5 Å². The number of pyridine rings is 1. The second-order valence-corrected chi connectivity index (χ2v) is 8.68. The molecule has 1 saturated heterocycles. The highest BCUT2D eigenvalue weighted by atomic mass is 16.5. The van der Waals surface area contributed by atoms with Crippen LogP contribution in [-0.2, 0) is 24.3 Å². The number of carbonyl (C=O) groups excluding carboxylic acids is 1. The molecule has 2 aromatic heterocycles. The molecule has 34 heavy (non-hydrogen) atoms. The van der Waals surface area contributed by atoms with Crippen LogP contribution in [0.25, 0.3) is 0 Å². The Morgan fingerprint density at radius 3 is 2.50 bits per heavy atom. The van der Waals surface area contributed by atoms with E-state index in [9.17, 15) is 4.79 Å². The maximum Gasteiger partial charge on any atom is 0.260 e. The highest BCUT2D eigenvalue weighted by molar-refractivity contribution is 5.77.